The Morgan fingerprint density at radius 1 is 1.22 bits per heavy atom. The van der Waals surface area contributed by atoms with Crippen molar-refractivity contribution < 1.29 is 22.4 Å². The van der Waals surface area contributed by atoms with Crippen LogP contribution in [0.3, 0.4) is 0 Å². The fourth-order valence-corrected chi connectivity index (χ4v) is 5.14. The highest BCUT2D eigenvalue weighted by Gasteiger charge is 2.51. The molecule has 1 saturated heterocycles. The Labute approximate surface area is 210 Å². The van der Waals surface area contributed by atoms with E-state index in [0.29, 0.717) is 49.0 Å². The molecule has 2 aromatic rings. The molecule has 0 atom stereocenters. The van der Waals surface area contributed by atoms with Crippen molar-refractivity contribution in [2.75, 3.05) is 26.2 Å². The second-order valence-corrected chi connectivity index (χ2v) is 9.88. The van der Waals surface area contributed by atoms with Gasteiger partial charge in [-0.1, -0.05) is 17.7 Å². The zero-order valence-corrected chi connectivity index (χ0v) is 20.1. The van der Waals surface area contributed by atoms with Crippen LogP contribution in [0, 0.1) is 11.7 Å². The average Bonchev–Trinajstić information content (AvgIpc) is 3.28. The summed E-state index contributed by atoms with van der Waals surface area (Å²) in [6.45, 7) is 0.800. The first-order chi connectivity index (χ1) is 17.2. The van der Waals surface area contributed by atoms with E-state index >= 15 is 0 Å². The van der Waals surface area contributed by atoms with E-state index in [1.807, 2.05) is 0 Å². The second kappa shape index (κ2) is 9.93. The average molecular weight is 525 g/mol. The van der Waals surface area contributed by atoms with E-state index in [9.17, 15) is 22.4 Å². The van der Waals surface area contributed by atoms with Crippen molar-refractivity contribution in [3.05, 3.63) is 52.1 Å². The summed E-state index contributed by atoms with van der Waals surface area (Å²) in [4.78, 5) is 21.5. The summed E-state index contributed by atoms with van der Waals surface area (Å²) in [6, 6.07) is 5.45. The van der Waals surface area contributed by atoms with Crippen molar-refractivity contribution in [2.45, 2.75) is 44.1 Å². The summed E-state index contributed by atoms with van der Waals surface area (Å²) in [5.74, 6) is -0.202. The highest BCUT2D eigenvalue weighted by molar-refractivity contribution is 6.32. The Kier molecular flexibility index (Phi) is 6.86. The topological polar surface area (TPSA) is 74.9 Å². The largest absolute Gasteiger partial charge is 0.354 e. The lowest BCUT2D eigenvalue weighted by atomic mass is 9.94. The molecule has 5 rings (SSSR count). The third-order valence-corrected chi connectivity index (χ3v) is 7.33. The highest BCUT2D eigenvalue weighted by atomic mass is 35.5. The number of carbonyl (C=O) groups is 1. The number of hydrogen-bond donors (Lipinski definition) is 1. The Balaban J connectivity index is 1.28. The Hall–Kier alpha value is -2.79. The van der Waals surface area contributed by atoms with Gasteiger partial charge in [-0.15, -0.1) is 9.60 Å². The smallest absolute Gasteiger partial charge is 0.280 e. The Morgan fingerprint density at radius 2 is 1.97 bits per heavy atom. The lowest BCUT2D eigenvalue weighted by molar-refractivity contribution is -0.122. The lowest BCUT2D eigenvalue weighted by Crippen LogP contribution is -2.37. The number of piperidine rings is 1. The van der Waals surface area contributed by atoms with Gasteiger partial charge >= 0.3 is 0 Å². The zero-order valence-electron chi connectivity index (χ0n) is 19.4. The predicted octanol–water partition coefficient (Wildman–Crippen LogP) is 4.26. The van der Waals surface area contributed by atoms with E-state index in [0.717, 1.165) is 28.2 Å². The van der Waals surface area contributed by atoms with Gasteiger partial charge in [0.15, 0.2) is 0 Å². The van der Waals surface area contributed by atoms with Crippen LogP contribution in [-0.4, -0.2) is 58.5 Å². The molecule has 2 fully saturated rings. The number of rotatable bonds is 8. The number of hydrogen-bond acceptors (Lipinski definition) is 5. The normalized spacial score (nSPS) is 19.9. The maximum atomic E-state index is 13.7. The van der Waals surface area contributed by atoms with Crippen LogP contribution in [0.5, 0.6) is 0 Å². The number of benzene rings is 1. The van der Waals surface area contributed by atoms with Crippen molar-refractivity contribution in [2.24, 2.45) is 15.9 Å². The van der Waals surface area contributed by atoms with Gasteiger partial charge in [-0.2, -0.15) is 5.10 Å². The minimum atomic E-state index is -2.83. The van der Waals surface area contributed by atoms with Crippen molar-refractivity contribution >= 4 is 29.1 Å². The third kappa shape index (κ3) is 5.04. The molecule has 1 aromatic carbocycles. The highest BCUT2D eigenvalue weighted by Crippen LogP contribution is 2.52. The number of alkyl halides is 2. The molecule has 1 saturated carbocycles. The number of carbonyl (C=O) groups excluding carboxylic acids is 1. The van der Waals surface area contributed by atoms with Crippen LogP contribution >= 0.6 is 11.6 Å². The van der Waals surface area contributed by atoms with E-state index in [2.05, 4.69) is 20.4 Å². The summed E-state index contributed by atoms with van der Waals surface area (Å²) >= 11 is 6.28. The van der Waals surface area contributed by atoms with Crippen LogP contribution in [0.1, 0.15) is 49.1 Å². The fraction of sp³-hybridized carbons (Fsp3) is 0.500. The fourth-order valence-electron chi connectivity index (χ4n) is 4.79. The summed E-state index contributed by atoms with van der Waals surface area (Å²) in [7, 11) is 0. The lowest BCUT2D eigenvalue weighted by Gasteiger charge is -2.25. The summed E-state index contributed by atoms with van der Waals surface area (Å²) < 4.78 is 55.1. The molecule has 0 bridgehead atoms. The molecule has 1 aliphatic carbocycles. The minimum absolute atomic E-state index is 0.150. The van der Waals surface area contributed by atoms with Crippen LogP contribution in [0.2, 0.25) is 5.02 Å². The SMILES string of the molecule is O=C(Cn1nc(C2=NC(C3(c4ccc(F)cc4Cl)CC3)=NC2)cc1C(F)F)NCC1CCN(F)CC1. The molecule has 0 unspecified atom stereocenters. The summed E-state index contributed by atoms with van der Waals surface area (Å²) in [5, 5.41) is 8.03. The maximum absolute atomic E-state index is 13.7. The molecular weight excluding hydrogens is 500 g/mol. The first-order valence-corrected chi connectivity index (χ1v) is 12.2. The van der Waals surface area contributed by atoms with Crippen LogP contribution in [0.25, 0.3) is 0 Å². The molecule has 2 aliphatic heterocycles. The standard InChI is InChI=1S/C24H25ClF4N6O/c25-17-9-15(26)1-2-16(17)24(5-6-24)23-31-12-19(32-23)18-10-20(22(27)28)35(33-18)13-21(36)30-11-14-3-7-34(29)8-4-14/h1-2,9-10,14,22H,3-8,11-13H2,(H,30,36). The quantitative estimate of drug-likeness (QED) is 0.414. The number of amides is 1. The molecular formula is C24H25ClF4N6O. The van der Waals surface area contributed by atoms with Crippen LogP contribution in [-0.2, 0) is 16.8 Å². The number of nitrogens with zero attached hydrogens (tertiary/aromatic N) is 5. The first kappa shape index (κ1) is 24.9. The van der Waals surface area contributed by atoms with E-state index < -0.39 is 23.6 Å². The van der Waals surface area contributed by atoms with E-state index in [4.69, 9.17) is 11.6 Å². The first-order valence-electron chi connectivity index (χ1n) is 11.9. The van der Waals surface area contributed by atoms with E-state index in [1.54, 1.807) is 6.07 Å². The maximum Gasteiger partial charge on any atom is 0.280 e. The predicted molar refractivity (Wildman–Crippen MR) is 127 cm³/mol. The number of aliphatic imine (C=N–C) groups is 2. The van der Waals surface area contributed by atoms with Gasteiger partial charge in [0.25, 0.3) is 6.43 Å². The zero-order chi connectivity index (χ0) is 25.4. The van der Waals surface area contributed by atoms with E-state index in [-0.39, 0.29) is 30.4 Å². The number of aromatic nitrogens is 2. The number of halogens is 5. The second-order valence-electron chi connectivity index (χ2n) is 9.47. The molecule has 1 N–H and O–H groups in total. The number of nitrogens with one attached hydrogen (secondary N) is 1. The molecule has 0 radical (unpaired) electrons. The third-order valence-electron chi connectivity index (χ3n) is 7.02. The van der Waals surface area contributed by atoms with Crippen LogP contribution in [0.15, 0.2) is 34.3 Å². The minimum Gasteiger partial charge on any atom is -0.354 e. The van der Waals surface area contributed by atoms with Gasteiger partial charge in [-0.25, -0.2) is 18.2 Å². The molecule has 192 valence electrons. The van der Waals surface area contributed by atoms with Crippen LogP contribution < -0.4 is 5.32 Å². The molecule has 3 heterocycles. The van der Waals surface area contributed by atoms with Crippen molar-refractivity contribution in [1.29, 1.82) is 0 Å². The molecule has 1 aromatic heterocycles. The Bertz CT molecular complexity index is 1220. The molecule has 12 heteroatoms. The van der Waals surface area contributed by atoms with Crippen molar-refractivity contribution in [3.8, 4) is 0 Å². The van der Waals surface area contributed by atoms with Gasteiger partial charge in [0.05, 0.1) is 17.7 Å². The van der Waals surface area contributed by atoms with E-state index in [1.165, 1.54) is 18.2 Å². The van der Waals surface area contributed by atoms with Crippen molar-refractivity contribution in [3.63, 3.8) is 0 Å². The van der Waals surface area contributed by atoms with Gasteiger partial charge in [0, 0.05) is 24.7 Å². The monoisotopic (exact) mass is 524 g/mol. The molecule has 3 aliphatic rings. The Morgan fingerprint density at radius 3 is 2.64 bits per heavy atom. The molecule has 0 spiro atoms. The van der Waals surface area contributed by atoms with Gasteiger partial charge in [-0.3, -0.25) is 14.5 Å². The van der Waals surface area contributed by atoms with Crippen molar-refractivity contribution in [1.82, 2.24) is 20.2 Å². The summed E-state index contributed by atoms with van der Waals surface area (Å²) in [5.41, 5.74) is 0.493. The summed E-state index contributed by atoms with van der Waals surface area (Å²) in [6.07, 6.45) is -0.0944. The number of amidine groups is 1. The van der Waals surface area contributed by atoms with Gasteiger partial charge in [-0.05, 0) is 55.4 Å². The molecule has 7 nitrogen and oxygen atoms in total. The van der Waals surface area contributed by atoms with Gasteiger partial charge in [0.1, 0.15) is 29.6 Å². The molecule has 36 heavy (non-hydrogen) atoms. The molecule has 1 amide bonds. The van der Waals surface area contributed by atoms with Gasteiger partial charge in [0.2, 0.25) is 5.91 Å². The van der Waals surface area contributed by atoms with Gasteiger partial charge < -0.3 is 5.32 Å². The van der Waals surface area contributed by atoms with Crippen LogP contribution in [0.4, 0.5) is 17.7 Å².